The van der Waals surface area contributed by atoms with E-state index in [2.05, 4.69) is 15.3 Å². The van der Waals surface area contributed by atoms with E-state index in [1.807, 2.05) is 37.3 Å². The molecule has 1 atom stereocenters. The average Bonchev–Trinajstić information content (AvgIpc) is 2.81. The molecule has 0 bridgehead atoms. The predicted octanol–water partition coefficient (Wildman–Crippen LogP) is 4.34. The molecule has 3 N–H and O–H groups in total. The van der Waals surface area contributed by atoms with Gasteiger partial charge in [-0.2, -0.15) is 0 Å². The summed E-state index contributed by atoms with van der Waals surface area (Å²) in [4.78, 5) is 16.7. The van der Waals surface area contributed by atoms with E-state index in [1.165, 1.54) is 0 Å². The third-order valence-electron chi connectivity index (χ3n) is 3.35. The molecule has 0 amide bonds. The molecule has 1 aromatic heterocycles. The van der Waals surface area contributed by atoms with Crippen molar-refractivity contribution in [2.75, 3.05) is 5.32 Å². The second-order valence-electron chi connectivity index (χ2n) is 4.85. The fraction of sp³-hybridized carbons (Fsp3) is 0.133. The summed E-state index contributed by atoms with van der Waals surface area (Å²) >= 11 is 12.3. The van der Waals surface area contributed by atoms with Gasteiger partial charge in [0.15, 0.2) is 0 Å². The van der Waals surface area contributed by atoms with Crippen LogP contribution in [0.1, 0.15) is 18.5 Å². The molecule has 21 heavy (non-hydrogen) atoms. The van der Waals surface area contributed by atoms with Crippen LogP contribution in [0.5, 0.6) is 0 Å². The molecule has 0 aliphatic rings. The van der Waals surface area contributed by atoms with Gasteiger partial charge in [-0.05, 0) is 36.8 Å². The van der Waals surface area contributed by atoms with Crippen molar-refractivity contribution in [3.8, 4) is 0 Å². The van der Waals surface area contributed by atoms with Gasteiger partial charge in [-0.3, -0.25) is 0 Å². The minimum absolute atomic E-state index is 0.0145. The summed E-state index contributed by atoms with van der Waals surface area (Å²) in [6.07, 6.45) is 0. The molecule has 0 aliphatic carbocycles. The van der Waals surface area contributed by atoms with Gasteiger partial charge in [-0.15, -0.1) is 0 Å². The van der Waals surface area contributed by atoms with Crippen LogP contribution in [0.4, 0.5) is 5.69 Å². The lowest BCUT2D eigenvalue weighted by atomic mass is 10.1. The van der Waals surface area contributed by atoms with Gasteiger partial charge >= 0.3 is 5.69 Å². The standard InChI is InChI=1S/C15H13Cl2N3O/c1-8(10-3-2-4-11(16)14(10)17)18-9-5-6-12-13(7-9)20-15(21)19-12/h2-8,18H,1H3,(H2,19,20,21). The first-order chi connectivity index (χ1) is 10.0. The van der Waals surface area contributed by atoms with Gasteiger partial charge in [-0.1, -0.05) is 35.3 Å². The predicted molar refractivity (Wildman–Crippen MR) is 87.4 cm³/mol. The van der Waals surface area contributed by atoms with Crippen LogP contribution in [-0.4, -0.2) is 9.97 Å². The highest BCUT2D eigenvalue weighted by Gasteiger charge is 2.12. The number of benzene rings is 2. The molecular weight excluding hydrogens is 309 g/mol. The van der Waals surface area contributed by atoms with E-state index in [1.54, 1.807) is 6.07 Å². The van der Waals surface area contributed by atoms with E-state index in [0.29, 0.717) is 10.0 Å². The molecule has 3 rings (SSSR count). The molecule has 0 radical (unpaired) electrons. The highest BCUT2D eigenvalue weighted by Crippen LogP contribution is 2.31. The summed E-state index contributed by atoms with van der Waals surface area (Å²) in [5.41, 5.74) is 3.13. The van der Waals surface area contributed by atoms with Crippen molar-refractivity contribution in [2.24, 2.45) is 0 Å². The van der Waals surface area contributed by atoms with Crippen LogP contribution in [0.2, 0.25) is 10.0 Å². The summed E-state index contributed by atoms with van der Waals surface area (Å²) < 4.78 is 0. The largest absolute Gasteiger partial charge is 0.378 e. The van der Waals surface area contributed by atoms with Gasteiger partial charge < -0.3 is 15.3 Å². The van der Waals surface area contributed by atoms with Gasteiger partial charge in [0.2, 0.25) is 0 Å². The van der Waals surface area contributed by atoms with Gasteiger partial charge in [0, 0.05) is 5.69 Å². The van der Waals surface area contributed by atoms with Crippen LogP contribution < -0.4 is 11.0 Å². The number of H-pyrrole nitrogens is 2. The molecule has 1 unspecified atom stereocenters. The number of fused-ring (bicyclic) bond motifs is 1. The van der Waals surface area contributed by atoms with Crippen LogP contribution in [0.25, 0.3) is 11.0 Å². The van der Waals surface area contributed by atoms with E-state index in [0.717, 1.165) is 22.3 Å². The smallest absolute Gasteiger partial charge is 0.323 e. The van der Waals surface area contributed by atoms with Gasteiger partial charge in [0.05, 0.1) is 27.1 Å². The molecule has 2 aromatic carbocycles. The minimum atomic E-state index is -0.215. The Kier molecular flexibility index (Phi) is 3.66. The van der Waals surface area contributed by atoms with E-state index in [-0.39, 0.29) is 11.7 Å². The monoisotopic (exact) mass is 321 g/mol. The molecule has 6 heteroatoms. The first kappa shape index (κ1) is 14.0. The molecule has 0 aliphatic heterocycles. The summed E-state index contributed by atoms with van der Waals surface area (Å²) in [6.45, 7) is 2.00. The van der Waals surface area contributed by atoms with E-state index >= 15 is 0 Å². The number of rotatable bonds is 3. The molecule has 108 valence electrons. The van der Waals surface area contributed by atoms with Gasteiger partial charge in [-0.25, -0.2) is 4.79 Å². The molecule has 3 aromatic rings. The van der Waals surface area contributed by atoms with Crippen molar-refractivity contribution in [1.82, 2.24) is 9.97 Å². The zero-order valence-corrected chi connectivity index (χ0v) is 12.7. The number of anilines is 1. The number of aromatic amines is 2. The van der Waals surface area contributed by atoms with E-state index < -0.39 is 0 Å². The minimum Gasteiger partial charge on any atom is -0.378 e. The van der Waals surface area contributed by atoms with Crippen molar-refractivity contribution in [3.05, 3.63) is 62.5 Å². The Balaban J connectivity index is 1.90. The molecule has 1 heterocycles. The van der Waals surface area contributed by atoms with E-state index in [9.17, 15) is 4.79 Å². The lowest BCUT2D eigenvalue weighted by molar-refractivity contribution is 0.885. The topological polar surface area (TPSA) is 60.7 Å². The first-order valence-corrected chi connectivity index (χ1v) is 7.22. The molecule has 0 spiro atoms. The maximum atomic E-state index is 11.3. The number of nitrogens with one attached hydrogen (secondary N) is 3. The zero-order valence-electron chi connectivity index (χ0n) is 11.2. The van der Waals surface area contributed by atoms with Crippen molar-refractivity contribution in [2.45, 2.75) is 13.0 Å². The summed E-state index contributed by atoms with van der Waals surface area (Å²) in [5.74, 6) is 0. The van der Waals surface area contributed by atoms with Crippen LogP contribution >= 0.6 is 23.2 Å². The van der Waals surface area contributed by atoms with Crippen LogP contribution in [0.3, 0.4) is 0 Å². The quantitative estimate of drug-likeness (QED) is 0.672. The highest BCUT2D eigenvalue weighted by atomic mass is 35.5. The van der Waals surface area contributed by atoms with Crippen LogP contribution in [-0.2, 0) is 0 Å². The van der Waals surface area contributed by atoms with Gasteiger partial charge in [0.1, 0.15) is 0 Å². The lowest BCUT2D eigenvalue weighted by Gasteiger charge is -2.17. The second kappa shape index (κ2) is 5.47. The molecule has 0 fully saturated rings. The number of aromatic nitrogens is 2. The molecule has 0 saturated carbocycles. The summed E-state index contributed by atoms with van der Waals surface area (Å²) in [5, 5.41) is 4.44. The third kappa shape index (κ3) is 2.77. The molecule has 4 nitrogen and oxygen atoms in total. The molecule has 0 saturated heterocycles. The Hall–Kier alpha value is -1.91. The number of hydrogen-bond donors (Lipinski definition) is 3. The zero-order chi connectivity index (χ0) is 15.0. The Morgan fingerprint density at radius 1 is 1.10 bits per heavy atom. The maximum Gasteiger partial charge on any atom is 0.323 e. The van der Waals surface area contributed by atoms with E-state index in [4.69, 9.17) is 23.2 Å². The normalized spacial score (nSPS) is 12.5. The summed E-state index contributed by atoms with van der Waals surface area (Å²) in [6, 6.07) is 11.2. The van der Waals surface area contributed by atoms with Crippen molar-refractivity contribution in [1.29, 1.82) is 0 Å². The highest BCUT2D eigenvalue weighted by molar-refractivity contribution is 6.42. The number of halogens is 2. The summed E-state index contributed by atoms with van der Waals surface area (Å²) in [7, 11) is 0. The van der Waals surface area contributed by atoms with Crippen LogP contribution in [0.15, 0.2) is 41.2 Å². The lowest BCUT2D eigenvalue weighted by Crippen LogP contribution is -2.07. The number of imidazole rings is 1. The third-order valence-corrected chi connectivity index (χ3v) is 4.18. The molecular formula is C15H13Cl2N3O. The van der Waals surface area contributed by atoms with Gasteiger partial charge in [0.25, 0.3) is 0 Å². The fourth-order valence-corrected chi connectivity index (χ4v) is 2.78. The SMILES string of the molecule is CC(Nc1ccc2[nH]c(=O)[nH]c2c1)c1cccc(Cl)c1Cl. The average molecular weight is 322 g/mol. The fourth-order valence-electron chi connectivity index (χ4n) is 2.30. The Bertz CT molecular complexity index is 853. The maximum absolute atomic E-state index is 11.3. The van der Waals surface area contributed by atoms with Crippen molar-refractivity contribution >= 4 is 39.9 Å². The first-order valence-electron chi connectivity index (χ1n) is 6.47. The number of hydrogen-bond acceptors (Lipinski definition) is 2. The van der Waals surface area contributed by atoms with Crippen molar-refractivity contribution < 1.29 is 0 Å². The van der Waals surface area contributed by atoms with Crippen molar-refractivity contribution in [3.63, 3.8) is 0 Å². The van der Waals surface area contributed by atoms with Crippen LogP contribution in [0, 0.1) is 0 Å². The Morgan fingerprint density at radius 2 is 1.86 bits per heavy atom. The Morgan fingerprint density at radius 3 is 2.67 bits per heavy atom. The second-order valence-corrected chi connectivity index (χ2v) is 5.63. The Labute approximate surface area is 131 Å².